The third kappa shape index (κ3) is 5.70. The average Bonchev–Trinajstić information content (AvgIpc) is 3.27. The molecule has 8 nitrogen and oxygen atoms in total. The van der Waals surface area contributed by atoms with Crippen LogP contribution in [0.2, 0.25) is 0 Å². The SMILES string of the molecule is CCCC(C)Nc1ncc2c(C3CCN(C(=O)c4cc(C)nc(C)c4)CC3)cn(C3CCC(N)CC3)c2n1. The largest absolute Gasteiger partial charge is 0.352 e. The lowest BCUT2D eigenvalue weighted by Gasteiger charge is -2.32. The maximum atomic E-state index is 13.2. The molecule has 3 N–H and O–H groups in total. The van der Waals surface area contributed by atoms with Crippen molar-refractivity contribution >= 4 is 22.9 Å². The summed E-state index contributed by atoms with van der Waals surface area (Å²) in [6, 6.07) is 4.86. The normalized spacial score (nSPS) is 21.6. The van der Waals surface area contributed by atoms with Gasteiger partial charge in [-0.2, -0.15) is 4.98 Å². The zero-order valence-corrected chi connectivity index (χ0v) is 23.4. The van der Waals surface area contributed by atoms with Crippen molar-refractivity contribution in [2.24, 2.45) is 5.73 Å². The maximum absolute atomic E-state index is 13.2. The van der Waals surface area contributed by atoms with Crippen LogP contribution >= 0.6 is 0 Å². The summed E-state index contributed by atoms with van der Waals surface area (Å²) in [5, 5.41) is 4.65. The number of nitrogens with two attached hydrogens (primary N) is 1. The molecule has 3 aromatic heterocycles. The highest BCUT2D eigenvalue weighted by Crippen LogP contribution is 2.38. The smallest absolute Gasteiger partial charge is 0.253 e. The number of amides is 1. The number of likely N-dealkylation sites (tertiary alicyclic amines) is 1. The molecule has 3 aromatic rings. The molecule has 5 rings (SSSR count). The molecule has 0 aromatic carbocycles. The number of rotatable bonds is 7. The molecule has 1 saturated carbocycles. The first-order valence-electron chi connectivity index (χ1n) is 14.5. The topological polar surface area (TPSA) is 102 Å². The summed E-state index contributed by atoms with van der Waals surface area (Å²) in [5.74, 6) is 1.20. The number of nitrogens with zero attached hydrogens (tertiary/aromatic N) is 5. The fourth-order valence-corrected chi connectivity index (χ4v) is 6.37. The van der Waals surface area contributed by atoms with E-state index in [-0.39, 0.29) is 5.91 Å². The maximum Gasteiger partial charge on any atom is 0.253 e. The molecule has 0 radical (unpaired) electrons. The lowest BCUT2D eigenvalue weighted by atomic mass is 9.89. The summed E-state index contributed by atoms with van der Waals surface area (Å²) < 4.78 is 2.41. The van der Waals surface area contributed by atoms with Crippen LogP contribution in [0.3, 0.4) is 0 Å². The van der Waals surface area contributed by atoms with Crippen LogP contribution in [0.15, 0.2) is 24.5 Å². The van der Waals surface area contributed by atoms with E-state index in [1.54, 1.807) is 0 Å². The number of aromatic nitrogens is 4. The summed E-state index contributed by atoms with van der Waals surface area (Å²) in [4.78, 5) is 29.4. The summed E-state index contributed by atoms with van der Waals surface area (Å²) >= 11 is 0. The van der Waals surface area contributed by atoms with Gasteiger partial charge < -0.3 is 20.5 Å². The molecule has 2 fully saturated rings. The second kappa shape index (κ2) is 11.4. The molecule has 1 saturated heterocycles. The number of piperidine rings is 1. The predicted octanol–water partition coefficient (Wildman–Crippen LogP) is 5.51. The molecule has 1 aliphatic heterocycles. The van der Waals surface area contributed by atoms with Crippen molar-refractivity contribution in [1.82, 2.24) is 24.4 Å². The van der Waals surface area contributed by atoms with Gasteiger partial charge in [0.05, 0.1) is 0 Å². The Balaban J connectivity index is 1.38. The van der Waals surface area contributed by atoms with E-state index in [1.165, 1.54) is 5.56 Å². The van der Waals surface area contributed by atoms with E-state index >= 15 is 0 Å². The van der Waals surface area contributed by atoms with Gasteiger partial charge in [0.25, 0.3) is 5.91 Å². The first kappa shape index (κ1) is 26.6. The second-order valence-electron chi connectivity index (χ2n) is 11.5. The highest BCUT2D eigenvalue weighted by molar-refractivity contribution is 5.94. The molecule has 0 spiro atoms. The van der Waals surface area contributed by atoms with Gasteiger partial charge in [0.1, 0.15) is 5.65 Å². The fraction of sp³-hybridized carbons (Fsp3) is 0.600. The van der Waals surface area contributed by atoms with Crippen molar-refractivity contribution in [3.8, 4) is 0 Å². The first-order chi connectivity index (χ1) is 18.3. The quantitative estimate of drug-likeness (QED) is 0.429. The summed E-state index contributed by atoms with van der Waals surface area (Å²) in [6.45, 7) is 9.78. The molecule has 0 bridgehead atoms. The molecule has 38 heavy (non-hydrogen) atoms. The molecular formula is C30H43N7O. The van der Waals surface area contributed by atoms with Crippen LogP contribution in [0, 0.1) is 13.8 Å². The van der Waals surface area contributed by atoms with Gasteiger partial charge in [-0.1, -0.05) is 13.3 Å². The van der Waals surface area contributed by atoms with E-state index in [2.05, 4.69) is 34.9 Å². The molecule has 1 unspecified atom stereocenters. The number of fused-ring (bicyclic) bond motifs is 1. The Hall–Kier alpha value is -3.00. The number of hydrogen-bond acceptors (Lipinski definition) is 6. The van der Waals surface area contributed by atoms with Crippen LogP contribution in [0.25, 0.3) is 11.0 Å². The number of carbonyl (C=O) groups is 1. The van der Waals surface area contributed by atoms with Crippen LogP contribution in [0.1, 0.15) is 104 Å². The average molecular weight is 518 g/mol. The molecule has 8 heteroatoms. The van der Waals surface area contributed by atoms with Crippen molar-refractivity contribution < 1.29 is 4.79 Å². The number of nitrogens with one attached hydrogen (secondary N) is 1. The van der Waals surface area contributed by atoms with Crippen molar-refractivity contribution in [1.29, 1.82) is 0 Å². The van der Waals surface area contributed by atoms with Gasteiger partial charge in [-0.15, -0.1) is 0 Å². The highest BCUT2D eigenvalue weighted by Gasteiger charge is 2.29. The van der Waals surface area contributed by atoms with Crippen LogP contribution < -0.4 is 11.1 Å². The Bertz CT molecular complexity index is 1250. The highest BCUT2D eigenvalue weighted by atomic mass is 16.2. The van der Waals surface area contributed by atoms with Crippen molar-refractivity contribution in [3.05, 3.63) is 47.0 Å². The van der Waals surface area contributed by atoms with Gasteiger partial charge in [-0.05, 0) is 89.3 Å². The second-order valence-corrected chi connectivity index (χ2v) is 11.5. The molecule has 4 heterocycles. The Morgan fingerprint density at radius 2 is 1.76 bits per heavy atom. The van der Waals surface area contributed by atoms with E-state index in [1.807, 2.05) is 37.1 Å². The van der Waals surface area contributed by atoms with Crippen LogP contribution in [-0.2, 0) is 0 Å². The third-order valence-electron chi connectivity index (χ3n) is 8.38. The standard InChI is InChI=1S/C30H43N7O/c1-5-6-19(2)34-30-32-17-26-27(18-37(28(26)35-30)25-9-7-24(31)8-10-25)22-11-13-36(14-12-22)29(38)23-15-20(3)33-21(4)16-23/h15-19,22,24-25H,5-14,31H2,1-4H3,(H,32,34,35). The summed E-state index contributed by atoms with van der Waals surface area (Å²) in [5.41, 5.74) is 11.1. The third-order valence-corrected chi connectivity index (χ3v) is 8.38. The number of anilines is 1. The molecule has 1 aliphatic carbocycles. The Labute approximate surface area is 226 Å². The van der Waals surface area contributed by atoms with E-state index in [4.69, 9.17) is 15.7 Å². The monoisotopic (exact) mass is 517 g/mol. The zero-order valence-electron chi connectivity index (χ0n) is 23.4. The van der Waals surface area contributed by atoms with Crippen LogP contribution in [0.5, 0.6) is 0 Å². The van der Waals surface area contributed by atoms with Crippen LogP contribution in [0.4, 0.5) is 5.95 Å². The van der Waals surface area contributed by atoms with Crippen LogP contribution in [-0.4, -0.2) is 55.5 Å². The molecule has 204 valence electrons. The van der Waals surface area contributed by atoms with E-state index in [0.717, 1.165) is 92.4 Å². The molecule has 2 aliphatic rings. The van der Waals surface area contributed by atoms with Crippen molar-refractivity contribution in [3.63, 3.8) is 0 Å². The van der Waals surface area contributed by atoms with Gasteiger partial charge in [0.2, 0.25) is 5.95 Å². The molecule has 1 atom stereocenters. The van der Waals surface area contributed by atoms with Gasteiger partial charge in [0.15, 0.2) is 0 Å². The summed E-state index contributed by atoms with van der Waals surface area (Å²) in [6.07, 6.45) is 12.7. The van der Waals surface area contributed by atoms with E-state index < -0.39 is 0 Å². The van der Waals surface area contributed by atoms with Gasteiger partial charge >= 0.3 is 0 Å². The fourth-order valence-electron chi connectivity index (χ4n) is 6.37. The van der Waals surface area contributed by atoms with E-state index in [0.29, 0.717) is 30.0 Å². The Kier molecular flexibility index (Phi) is 7.98. The molecule has 1 amide bonds. The minimum absolute atomic E-state index is 0.110. The number of aryl methyl sites for hydroxylation is 2. The number of carbonyl (C=O) groups excluding carboxylic acids is 1. The molecular weight excluding hydrogens is 474 g/mol. The van der Waals surface area contributed by atoms with Crippen molar-refractivity contribution in [2.75, 3.05) is 18.4 Å². The van der Waals surface area contributed by atoms with Gasteiger partial charge in [-0.3, -0.25) is 9.78 Å². The Morgan fingerprint density at radius 1 is 1.08 bits per heavy atom. The summed E-state index contributed by atoms with van der Waals surface area (Å²) in [7, 11) is 0. The Morgan fingerprint density at radius 3 is 2.42 bits per heavy atom. The minimum Gasteiger partial charge on any atom is -0.352 e. The van der Waals surface area contributed by atoms with Crippen molar-refractivity contribution in [2.45, 2.75) is 103 Å². The van der Waals surface area contributed by atoms with Gasteiger partial charge in [-0.25, -0.2) is 4.98 Å². The van der Waals surface area contributed by atoms with E-state index in [9.17, 15) is 4.79 Å². The number of hydrogen-bond donors (Lipinski definition) is 2. The zero-order chi connectivity index (χ0) is 26.8. The lowest BCUT2D eigenvalue weighted by molar-refractivity contribution is 0.0713. The minimum atomic E-state index is 0.110. The lowest BCUT2D eigenvalue weighted by Crippen LogP contribution is -2.38. The predicted molar refractivity (Wildman–Crippen MR) is 153 cm³/mol. The first-order valence-corrected chi connectivity index (χ1v) is 14.5. The number of pyridine rings is 1. The van der Waals surface area contributed by atoms with Gasteiger partial charge in [0, 0.05) is 65.9 Å².